The fourth-order valence-corrected chi connectivity index (χ4v) is 5.97. The van der Waals surface area contributed by atoms with Crippen LogP contribution in [-0.2, 0) is 6.42 Å². The minimum atomic E-state index is -0.560. The molecule has 0 atom stereocenters. The second kappa shape index (κ2) is 18.9. The smallest absolute Gasteiger partial charge is 0.343 e. The molecule has 222 valence electrons. The lowest BCUT2D eigenvalue weighted by atomic mass is 9.78. The molecule has 0 aromatic heterocycles. The summed E-state index contributed by atoms with van der Waals surface area (Å²) in [5.41, 5.74) is 1.33. The zero-order chi connectivity index (χ0) is 28.4. The molecule has 0 N–H and O–H groups in total. The number of hydrogen-bond donors (Lipinski definition) is 0. The third kappa shape index (κ3) is 12.0. The summed E-state index contributed by atoms with van der Waals surface area (Å²) < 4.78 is 25.9. The number of hydrogen-bond acceptors (Lipinski definition) is 3. The molecule has 0 unspecified atom stereocenters. The fourth-order valence-electron chi connectivity index (χ4n) is 5.97. The average molecular weight is 553 g/mol. The third-order valence-electron chi connectivity index (χ3n) is 8.57. The van der Waals surface area contributed by atoms with Gasteiger partial charge in [-0.3, -0.25) is 0 Å². The van der Waals surface area contributed by atoms with Crippen molar-refractivity contribution in [2.24, 2.45) is 11.8 Å². The van der Waals surface area contributed by atoms with E-state index in [4.69, 9.17) is 9.47 Å². The van der Waals surface area contributed by atoms with E-state index >= 15 is 0 Å². The molecule has 1 saturated carbocycles. The van der Waals surface area contributed by atoms with Gasteiger partial charge >= 0.3 is 5.97 Å². The lowest BCUT2D eigenvalue weighted by Gasteiger charge is -2.28. The summed E-state index contributed by atoms with van der Waals surface area (Å²) in [6, 6.07) is 11.9. The largest absolute Gasteiger partial charge is 0.494 e. The Morgan fingerprint density at radius 1 is 0.750 bits per heavy atom. The first-order valence-corrected chi connectivity index (χ1v) is 16.3. The Bertz CT molecular complexity index is 963. The van der Waals surface area contributed by atoms with Crippen LogP contribution in [0.4, 0.5) is 4.39 Å². The van der Waals surface area contributed by atoms with Gasteiger partial charge in [0, 0.05) is 0 Å². The second-order valence-electron chi connectivity index (χ2n) is 11.9. The summed E-state index contributed by atoms with van der Waals surface area (Å²) >= 11 is 0. The molecular weight excluding hydrogens is 499 g/mol. The van der Waals surface area contributed by atoms with Crippen molar-refractivity contribution in [1.29, 1.82) is 0 Å². The number of halogens is 1. The first-order chi connectivity index (χ1) is 19.6. The van der Waals surface area contributed by atoms with E-state index in [9.17, 15) is 9.18 Å². The van der Waals surface area contributed by atoms with Crippen LogP contribution in [0.25, 0.3) is 0 Å². The maximum Gasteiger partial charge on any atom is 0.343 e. The molecule has 4 heteroatoms. The predicted molar refractivity (Wildman–Crippen MR) is 164 cm³/mol. The highest BCUT2D eigenvalue weighted by molar-refractivity contribution is 5.91. The molecule has 0 amide bonds. The molecule has 1 fully saturated rings. The first-order valence-electron chi connectivity index (χ1n) is 16.3. The van der Waals surface area contributed by atoms with Crippen molar-refractivity contribution < 1.29 is 18.7 Å². The lowest BCUT2D eigenvalue weighted by molar-refractivity contribution is 0.0727. The van der Waals surface area contributed by atoms with E-state index in [1.165, 1.54) is 102 Å². The van der Waals surface area contributed by atoms with Crippen LogP contribution in [-0.4, -0.2) is 12.6 Å². The summed E-state index contributed by atoms with van der Waals surface area (Å²) in [5, 5.41) is 0. The fraction of sp³-hybridized carbons (Fsp3) is 0.639. The maximum atomic E-state index is 14.6. The van der Waals surface area contributed by atoms with Crippen LogP contribution < -0.4 is 9.47 Å². The van der Waals surface area contributed by atoms with E-state index in [1.54, 1.807) is 30.3 Å². The van der Waals surface area contributed by atoms with Crippen molar-refractivity contribution in [3.05, 3.63) is 59.4 Å². The highest BCUT2D eigenvalue weighted by Gasteiger charge is 2.20. The Kier molecular flexibility index (Phi) is 15.2. The number of rotatable bonds is 19. The van der Waals surface area contributed by atoms with Gasteiger partial charge in [-0.15, -0.1) is 0 Å². The van der Waals surface area contributed by atoms with Crippen LogP contribution in [0.2, 0.25) is 0 Å². The average Bonchev–Trinajstić information content (AvgIpc) is 2.97. The van der Waals surface area contributed by atoms with Gasteiger partial charge in [0.15, 0.2) is 11.6 Å². The van der Waals surface area contributed by atoms with E-state index in [0.29, 0.717) is 12.2 Å². The van der Waals surface area contributed by atoms with Crippen molar-refractivity contribution in [1.82, 2.24) is 0 Å². The zero-order valence-electron chi connectivity index (χ0n) is 25.2. The van der Waals surface area contributed by atoms with Crippen molar-refractivity contribution in [3.8, 4) is 11.5 Å². The van der Waals surface area contributed by atoms with Gasteiger partial charge < -0.3 is 9.47 Å². The number of carbonyl (C=O) groups is 1. The summed E-state index contributed by atoms with van der Waals surface area (Å²) in [6.45, 7) is 5.20. The standard InChI is InChI=1S/C36H53FO3/c1-3-5-7-8-9-10-12-15-31-21-26-35(34(37)28-31)40-36(38)32-22-24-33(25-23-32)39-27-13-16-30-19-17-29(18-20-30)14-11-6-4-2/h21-26,28-30H,3-20,27H2,1-2H3. The summed E-state index contributed by atoms with van der Waals surface area (Å²) in [4.78, 5) is 12.6. The quantitative estimate of drug-likeness (QED) is 0.0987. The molecule has 3 nitrogen and oxygen atoms in total. The Morgan fingerprint density at radius 3 is 2.00 bits per heavy atom. The number of carbonyl (C=O) groups excluding carboxylic acids is 1. The monoisotopic (exact) mass is 552 g/mol. The minimum absolute atomic E-state index is 0.0244. The number of aryl methyl sites for hydroxylation is 1. The molecule has 1 aliphatic rings. The lowest BCUT2D eigenvalue weighted by Crippen LogP contribution is -2.15. The van der Waals surface area contributed by atoms with E-state index in [0.717, 1.165) is 42.4 Å². The molecule has 0 radical (unpaired) electrons. The van der Waals surface area contributed by atoms with E-state index < -0.39 is 11.8 Å². The highest BCUT2D eigenvalue weighted by atomic mass is 19.1. The van der Waals surface area contributed by atoms with E-state index in [-0.39, 0.29) is 5.75 Å². The Labute approximate surface area is 243 Å². The van der Waals surface area contributed by atoms with Crippen molar-refractivity contribution in [2.45, 2.75) is 129 Å². The SMILES string of the molecule is CCCCCCCCCc1ccc(OC(=O)c2ccc(OCCCC3CCC(CCCCC)CC3)cc2)c(F)c1. The molecule has 3 rings (SSSR count). The van der Waals surface area contributed by atoms with Gasteiger partial charge in [-0.05, 0) is 79.5 Å². The van der Waals surface area contributed by atoms with Crippen molar-refractivity contribution >= 4 is 5.97 Å². The van der Waals surface area contributed by atoms with Gasteiger partial charge in [0.25, 0.3) is 0 Å². The summed E-state index contributed by atoms with van der Waals surface area (Å²) in [6.07, 6.45) is 22.8. The maximum absolute atomic E-state index is 14.6. The van der Waals surface area contributed by atoms with Gasteiger partial charge in [0.2, 0.25) is 0 Å². The number of benzene rings is 2. The van der Waals surface area contributed by atoms with Crippen LogP contribution in [0.15, 0.2) is 42.5 Å². The molecule has 0 bridgehead atoms. The second-order valence-corrected chi connectivity index (χ2v) is 11.9. The molecule has 0 aliphatic heterocycles. The highest BCUT2D eigenvalue weighted by Crippen LogP contribution is 2.34. The van der Waals surface area contributed by atoms with E-state index in [2.05, 4.69) is 13.8 Å². The van der Waals surface area contributed by atoms with Crippen LogP contribution in [0, 0.1) is 17.7 Å². The van der Waals surface area contributed by atoms with Crippen LogP contribution in [0.1, 0.15) is 139 Å². The zero-order valence-corrected chi connectivity index (χ0v) is 25.2. The van der Waals surface area contributed by atoms with Crippen molar-refractivity contribution in [2.75, 3.05) is 6.61 Å². The number of ether oxygens (including phenoxy) is 2. The molecular formula is C36H53FO3. The molecule has 0 heterocycles. The van der Waals surface area contributed by atoms with Gasteiger partial charge in [0.05, 0.1) is 12.2 Å². The van der Waals surface area contributed by atoms with Crippen molar-refractivity contribution in [3.63, 3.8) is 0 Å². The molecule has 0 spiro atoms. The topological polar surface area (TPSA) is 35.5 Å². The Balaban J connectivity index is 1.32. The summed E-state index contributed by atoms with van der Waals surface area (Å²) in [7, 11) is 0. The molecule has 2 aromatic rings. The molecule has 0 saturated heterocycles. The number of esters is 1. The number of unbranched alkanes of at least 4 members (excludes halogenated alkanes) is 8. The third-order valence-corrected chi connectivity index (χ3v) is 8.57. The molecule has 40 heavy (non-hydrogen) atoms. The Morgan fingerprint density at radius 2 is 1.35 bits per heavy atom. The van der Waals surface area contributed by atoms with Crippen LogP contribution >= 0.6 is 0 Å². The van der Waals surface area contributed by atoms with Gasteiger partial charge in [-0.2, -0.15) is 0 Å². The summed E-state index contributed by atoms with van der Waals surface area (Å²) in [5.74, 6) is 1.48. The van der Waals surface area contributed by atoms with E-state index in [1.807, 2.05) is 6.07 Å². The van der Waals surface area contributed by atoms with Gasteiger partial charge in [0.1, 0.15) is 5.75 Å². The van der Waals surface area contributed by atoms with Gasteiger partial charge in [-0.25, -0.2) is 9.18 Å². The van der Waals surface area contributed by atoms with Gasteiger partial charge in [-0.1, -0.05) is 110 Å². The normalized spacial score (nSPS) is 17.1. The molecule has 2 aromatic carbocycles. The molecule has 1 aliphatic carbocycles. The minimum Gasteiger partial charge on any atom is -0.494 e. The van der Waals surface area contributed by atoms with Crippen LogP contribution in [0.5, 0.6) is 11.5 Å². The Hall–Kier alpha value is -2.36. The van der Waals surface area contributed by atoms with Crippen LogP contribution in [0.3, 0.4) is 0 Å². The first kappa shape index (κ1) is 32.2. The predicted octanol–water partition coefficient (Wildman–Crippen LogP) is 10.9.